The highest BCUT2D eigenvalue weighted by atomic mass is 16.1. The van der Waals surface area contributed by atoms with Crippen LogP contribution in [0.4, 0.5) is 5.69 Å². The first-order valence-corrected chi connectivity index (χ1v) is 6.91. The summed E-state index contributed by atoms with van der Waals surface area (Å²) in [6.07, 6.45) is 1.20. The van der Waals surface area contributed by atoms with Crippen LogP contribution in [0.5, 0.6) is 0 Å². The maximum atomic E-state index is 11.9. The predicted molar refractivity (Wildman–Crippen MR) is 85.8 cm³/mol. The zero-order valence-electron chi connectivity index (χ0n) is 11.8. The number of hydrogen-bond acceptors (Lipinski definition) is 2. The molecular formula is C18H18N2O. The standard InChI is InChI=1S/C18H18N2O/c19-13-5-9-16-8-4-10-17(14-16)20-18(21)12-11-15-6-2-1-3-7-15/h1-4,6-8,10,14H,11-13,19H2,(H,20,21). The number of rotatable bonds is 4. The zero-order chi connectivity index (χ0) is 14.9. The molecule has 2 aromatic rings. The first-order valence-electron chi connectivity index (χ1n) is 6.91. The van der Waals surface area contributed by atoms with E-state index in [4.69, 9.17) is 5.73 Å². The van der Waals surface area contributed by atoms with Crippen LogP contribution in [-0.2, 0) is 11.2 Å². The van der Waals surface area contributed by atoms with E-state index in [2.05, 4.69) is 17.2 Å². The molecule has 0 unspecified atom stereocenters. The molecule has 0 aliphatic rings. The summed E-state index contributed by atoms with van der Waals surface area (Å²) in [5, 5.41) is 2.89. The van der Waals surface area contributed by atoms with E-state index in [1.54, 1.807) is 0 Å². The van der Waals surface area contributed by atoms with Crippen LogP contribution in [0.3, 0.4) is 0 Å². The highest BCUT2D eigenvalue weighted by Crippen LogP contribution is 2.11. The Kier molecular flexibility index (Phi) is 5.57. The molecule has 0 heterocycles. The zero-order valence-corrected chi connectivity index (χ0v) is 11.8. The Hall–Kier alpha value is -2.57. The van der Waals surface area contributed by atoms with Crippen molar-refractivity contribution in [2.45, 2.75) is 12.8 Å². The Morgan fingerprint density at radius 1 is 1.10 bits per heavy atom. The lowest BCUT2D eigenvalue weighted by atomic mass is 10.1. The van der Waals surface area contributed by atoms with Crippen LogP contribution in [0.25, 0.3) is 0 Å². The van der Waals surface area contributed by atoms with E-state index in [0.717, 1.165) is 23.2 Å². The van der Waals surface area contributed by atoms with Crippen LogP contribution in [0, 0.1) is 11.8 Å². The van der Waals surface area contributed by atoms with E-state index in [-0.39, 0.29) is 5.91 Å². The Labute approximate surface area is 125 Å². The monoisotopic (exact) mass is 278 g/mol. The number of nitrogens with two attached hydrogens (primary N) is 1. The molecule has 0 fully saturated rings. The first kappa shape index (κ1) is 14.8. The summed E-state index contributed by atoms with van der Waals surface area (Å²) < 4.78 is 0. The van der Waals surface area contributed by atoms with Crippen molar-refractivity contribution < 1.29 is 4.79 Å². The van der Waals surface area contributed by atoms with E-state index in [1.807, 2.05) is 54.6 Å². The number of anilines is 1. The highest BCUT2D eigenvalue weighted by molar-refractivity contribution is 5.91. The van der Waals surface area contributed by atoms with Gasteiger partial charge in [-0.05, 0) is 30.2 Å². The molecule has 0 spiro atoms. The molecule has 0 radical (unpaired) electrons. The van der Waals surface area contributed by atoms with Crippen molar-refractivity contribution >= 4 is 11.6 Å². The minimum atomic E-state index is 0.00258. The van der Waals surface area contributed by atoms with Gasteiger partial charge < -0.3 is 11.1 Å². The van der Waals surface area contributed by atoms with Crippen LogP contribution < -0.4 is 11.1 Å². The lowest BCUT2D eigenvalue weighted by Gasteiger charge is -2.05. The number of nitrogens with one attached hydrogen (secondary N) is 1. The number of benzene rings is 2. The summed E-state index contributed by atoms with van der Waals surface area (Å²) in [4.78, 5) is 11.9. The van der Waals surface area contributed by atoms with Gasteiger partial charge in [0.25, 0.3) is 0 Å². The Bertz CT molecular complexity index is 654. The molecule has 1 amide bonds. The van der Waals surface area contributed by atoms with Gasteiger partial charge in [-0.15, -0.1) is 0 Å². The molecule has 3 heteroatoms. The van der Waals surface area contributed by atoms with Crippen molar-refractivity contribution in [3.63, 3.8) is 0 Å². The third kappa shape index (κ3) is 5.13. The topological polar surface area (TPSA) is 55.1 Å². The summed E-state index contributed by atoms with van der Waals surface area (Å²) in [6, 6.07) is 17.4. The van der Waals surface area contributed by atoms with Crippen molar-refractivity contribution in [3.8, 4) is 11.8 Å². The van der Waals surface area contributed by atoms with Crippen LogP contribution in [-0.4, -0.2) is 12.5 Å². The van der Waals surface area contributed by atoms with Gasteiger partial charge in [-0.3, -0.25) is 4.79 Å². The maximum absolute atomic E-state index is 11.9. The lowest BCUT2D eigenvalue weighted by Crippen LogP contribution is -2.12. The second kappa shape index (κ2) is 7.88. The lowest BCUT2D eigenvalue weighted by molar-refractivity contribution is -0.116. The number of hydrogen-bond donors (Lipinski definition) is 2. The van der Waals surface area contributed by atoms with Gasteiger partial charge in [0, 0.05) is 17.7 Å². The molecule has 3 N–H and O–H groups in total. The molecule has 2 rings (SSSR count). The van der Waals surface area contributed by atoms with Gasteiger partial charge in [0.2, 0.25) is 5.91 Å². The smallest absolute Gasteiger partial charge is 0.224 e. The third-order valence-corrected chi connectivity index (χ3v) is 2.96. The maximum Gasteiger partial charge on any atom is 0.224 e. The number of aryl methyl sites for hydroxylation is 1. The summed E-state index contributed by atoms with van der Waals surface area (Å²) in [6.45, 7) is 0.327. The normalized spacial score (nSPS) is 9.57. The number of carbonyl (C=O) groups is 1. The summed E-state index contributed by atoms with van der Waals surface area (Å²) in [7, 11) is 0. The van der Waals surface area contributed by atoms with Crippen molar-refractivity contribution in [2.24, 2.45) is 5.73 Å². The van der Waals surface area contributed by atoms with Crippen molar-refractivity contribution in [2.75, 3.05) is 11.9 Å². The summed E-state index contributed by atoms with van der Waals surface area (Å²) >= 11 is 0. The Morgan fingerprint density at radius 2 is 1.90 bits per heavy atom. The van der Waals surface area contributed by atoms with Gasteiger partial charge in [0.1, 0.15) is 0 Å². The minimum absolute atomic E-state index is 0.00258. The van der Waals surface area contributed by atoms with Gasteiger partial charge in [0.15, 0.2) is 0 Å². The van der Waals surface area contributed by atoms with Crippen LogP contribution in [0.2, 0.25) is 0 Å². The van der Waals surface area contributed by atoms with E-state index in [0.29, 0.717) is 13.0 Å². The SMILES string of the molecule is NCC#Cc1cccc(NC(=O)CCc2ccccc2)c1. The minimum Gasteiger partial charge on any atom is -0.326 e. The fourth-order valence-corrected chi connectivity index (χ4v) is 1.95. The molecule has 0 saturated carbocycles. The predicted octanol–water partition coefficient (Wildman–Crippen LogP) is 2.57. The van der Waals surface area contributed by atoms with E-state index in [9.17, 15) is 4.79 Å². The Morgan fingerprint density at radius 3 is 2.67 bits per heavy atom. The van der Waals surface area contributed by atoms with Gasteiger partial charge in [-0.1, -0.05) is 48.2 Å². The fourth-order valence-electron chi connectivity index (χ4n) is 1.95. The third-order valence-electron chi connectivity index (χ3n) is 2.96. The van der Waals surface area contributed by atoms with Crippen molar-refractivity contribution in [1.29, 1.82) is 0 Å². The summed E-state index contributed by atoms with van der Waals surface area (Å²) in [5.74, 6) is 5.75. The van der Waals surface area contributed by atoms with Crippen LogP contribution >= 0.6 is 0 Å². The molecule has 0 aliphatic heterocycles. The van der Waals surface area contributed by atoms with Gasteiger partial charge in [-0.2, -0.15) is 0 Å². The number of amides is 1. The Balaban J connectivity index is 1.90. The average Bonchev–Trinajstić information content (AvgIpc) is 2.52. The summed E-state index contributed by atoms with van der Waals surface area (Å²) in [5.41, 5.74) is 8.12. The van der Waals surface area contributed by atoms with Crippen molar-refractivity contribution in [3.05, 3.63) is 65.7 Å². The van der Waals surface area contributed by atoms with Crippen molar-refractivity contribution in [1.82, 2.24) is 0 Å². The molecule has 0 aromatic heterocycles. The highest BCUT2D eigenvalue weighted by Gasteiger charge is 2.03. The van der Waals surface area contributed by atoms with E-state index < -0.39 is 0 Å². The van der Waals surface area contributed by atoms with E-state index >= 15 is 0 Å². The van der Waals surface area contributed by atoms with Crippen LogP contribution in [0.15, 0.2) is 54.6 Å². The molecule has 0 bridgehead atoms. The van der Waals surface area contributed by atoms with Gasteiger partial charge in [-0.25, -0.2) is 0 Å². The molecule has 3 nitrogen and oxygen atoms in total. The van der Waals surface area contributed by atoms with E-state index in [1.165, 1.54) is 0 Å². The van der Waals surface area contributed by atoms with Gasteiger partial charge in [0.05, 0.1) is 6.54 Å². The second-order valence-corrected chi connectivity index (χ2v) is 4.62. The average molecular weight is 278 g/mol. The second-order valence-electron chi connectivity index (χ2n) is 4.62. The molecule has 0 atom stereocenters. The molecule has 0 saturated heterocycles. The molecule has 21 heavy (non-hydrogen) atoms. The molecule has 106 valence electrons. The quantitative estimate of drug-likeness (QED) is 0.845. The first-order chi connectivity index (χ1) is 10.3. The molecular weight excluding hydrogens is 260 g/mol. The number of carbonyl (C=O) groups excluding carboxylic acids is 1. The van der Waals surface area contributed by atoms with Crippen LogP contribution in [0.1, 0.15) is 17.5 Å². The largest absolute Gasteiger partial charge is 0.326 e. The fraction of sp³-hybridized carbons (Fsp3) is 0.167. The van der Waals surface area contributed by atoms with Gasteiger partial charge >= 0.3 is 0 Å². The molecule has 0 aliphatic carbocycles. The molecule has 2 aromatic carbocycles.